The average molecular weight is 239 g/mol. The van der Waals surface area contributed by atoms with Crippen LogP contribution in [-0.4, -0.2) is 39.2 Å². The molecule has 1 aromatic rings. The predicted molar refractivity (Wildman–Crippen MR) is 66.0 cm³/mol. The number of carboxylic acid groups (broad SMARTS) is 1. The molecule has 0 bridgehead atoms. The molecule has 1 heterocycles. The second kappa shape index (κ2) is 5.70. The van der Waals surface area contributed by atoms with Gasteiger partial charge in [-0.25, -0.2) is 9.78 Å². The number of hydrogen-bond acceptors (Lipinski definition) is 2. The van der Waals surface area contributed by atoms with Crippen LogP contribution >= 0.6 is 0 Å². The van der Waals surface area contributed by atoms with Gasteiger partial charge in [-0.05, 0) is 18.3 Å². The number of H-pyrrole nitrogens is 1. The van der Waals surface area contributed by atoms with Gasteiger partial charge in [0.15, 0.2) is 0 Å². The van der Waals surface area contributed by atoms with E-state index in [2.05, 4.69) is 9.97 Å². The fourth-order valence-corrected chi connectivity index (χ4v) is 1.70. The van der Waals surface area contributed by atoms with E-state index < -0.39 is 6.09 Å². The third-order valence-electron chi connectivity index (χ3n) is 2.36. The molecule has 17 heavy (non-hydrogen) atoms. The Morgan fingerprint density at radius 2 is 2.24 bits per heavy atom. The first-order valence-electron chi connectivity index (χ1n) is 5.83. The van der Waals surface area contributed by atoms with E-state index >= 15 is 0 Å². The van der Waals surface area contributed by atoms with Crippen molar-refractivity contribution in [2.24, 2.45) is 5.41 Å². The number of hydrogen-bond donors (Lipinski definition) is 2. The van der Waals surface area contributed by atoms with E-state index in [1.54, 1.807) is 12.5 Å². The monoisotopic (exact) mass is 239 g/mol. The summed E-state index contributed by atoms with van der Waals surface area (Å²) in [5.74, 6) is 0. The quantitative estimate of drug-likeness (QED) is 0.828. The zero-order chi connectivity index (χ0) is 12.9. The van der Waals surface area contributed by atoms with E-state index in [0.717, 1.165) is 18.5 Å². The van der Waals surface area contributed by atoms with Gasteiger partial charge in [0, 0.05) is 25.0 Å². The van der Waals surface area contributed by atoms with Crippen molar-refractivity contribution in [2.75, 3.05) is 13.1 Å². The third-order valence-corrected chi connectivity index (χ3v) is 2.36. The summed E-state index contributed by atoms with van der Waals surface area (Å²) in [6, 6.07) is 0. The molecule has 1 aromatic heterocycles. The Balaban J connectivity index is 2.37. The number of aromatic nitrogens is 2. The molecule has 0 saturated carbocycles. The summed E-state index contributed by atoms with van der Waals surface area (Å²) in [5, 5.41) is 9.10. The molecule has 0 aliphatic rings. The molecular weight excluding hydrogens is 218 g/mol. The number of nitrogens with one attached hydrogen (secondary N) is 1. The van der Waals surface area contributed by atoms with Gasteiger partial charge in [-0.3, -0.25) is 0 Å². The standard InChI is InChI=1S/C12H21N3O2/c1-12(2,3)8-15(11(16)17)6-4-5-10-7-13-9-14-10/h7,9H,4-6,8H2,1-3H3,(H,13,14)(H,16,17). The molecule has 0 fully saturated rings. The van der Waals surface area contributed by atoms with E-state index in [0.29, 0.717) is 13.1 Å². The smallest absolute Gasteiger partial charge is 0.407 e. The van der Waals surface area contributed by atoms with Crippen LogP contribution in [0.15, 0.2) is 12.5 Å². The topological polar surface area (TPSA) is 69.2 Å². The van der Waals surface area contributed by atoms with Crippen LogP contribution in [0, 0.1) is 5.41 Å². The van der Waals surface area contributed by atoms with E-state index in [1.807, 2.05) is 20.8 Å². The Morgan fingerprint density at radius 1 is 1.53 bits per heavy atom. The Hall–Kier alpha value is -1.52. The molecule has 0 radical (unpaired) electrons. The maximum Gasteiger partial charge on any atom is 0.407 e. The minimum Gasteiger partial charge on any atom is -0.465 e. The molecule has 0 unspecified atom stereocenters. The average Bonchev–Trinajstić information content (AvgIpc) is 2.67. The van der Waals surface area contributed by atoms with Crippen LogP contribution in [0.25, 0.3) is 0 Å². The number of nitrogens with zero attached hydrogens (tertiary/aromatic N) is 2. The predicted octanol–water partition coefficient (Wildman–Crippen LogP) is 2.37. The highest BCUT2D eigenvalue weighted by molar-refractivity contribution is 5.64. The number of imidazole rings is 1. The Morgan fingerprint density at radius 3 is 2.71 bits per heavy atom. The van der Waals surface area contributed by atoms with Gasteiger partial charge in [-0.15, -0.1) is 0 Å². The Kier molecular flexibility index (Phi) is 4.54. The molecule has 0 aliphatic heterocycles. The van der Waals surface area contributed by atoms with Gasteiger partial charge in [0.25, 0.3) is 0 Å². The largest absolute Gasteiger partial charge is 0.465 e. The molecule has 5 heteroatoms. The maximum atomic E-state index is 11.1. The SMILES string of the molecule is CC(C)(C)CN(CCCc1cnc[nH]1)C(=O)O. The summed E-state index contributed by atoms with van der Waals surface area (Å²) in [6.45, 7) is 7.24. The molecule has 0 saturated heterocycles. The lowest BCUT2D eigenvalue weighted by atomic mass is 9.96. The number of rotatable bonds is 5. The van der Waals surface area contributed by atoms with E-state index in [-0.39, 0.29) is 5.41 Å². The molecule has 0 aliphatic carbocycles. The molecule has 2 N–H and O–H groups in total. The van der Waals surface area contributed by atoms with Crippen molar-refractivity contribution >= 4 is 6.09 Å². The number of aromatic amines is 1. The highest BCUT2D eigenvalue weighted by Crippen LogP contribution is 2.15. The number of amides is 1. The highest BCUT2D eigenvalue weighted by Gasteiger charge is 2.19. The van der Waals surface area contributed by atoms with Crippen LogP contribution in [0.4, 0.5) is 4.79 Å². The molecule has 0 spiro atoms. The van der Waals surface area contributed by atoms with Crippen molar-refractivity contribution in [3.05, 3.63) is 18.2 Å². The van der Waals surface area contributed by atoms with Crippen LogP contribution in [0.1, 0.15) is 32.9 Å². The van der Waals surface area contributed by atoms with Crippen molar-refractivity contribution in [3.63, 3.8) is 0 Å². The van der Waals surface area contributed by atoms with E-state index in [9.17, 15) is 4.79 Å². The van der Waals surface area contributed by atoms with Gasteiger partial charge in [0.2, 0.25) is 0 Å². The first-order valence-corrected chi connectivity index (χ1v) is 5.83. The molecule has 96 valence electrons. The van der Waals surface area contributed by atoms with Crippen molar-refractivity contribution in [3.8, 4) is 0 Å². The van der Waals surface area contributed by atoms with Crippen LogP contribution < -0.4 is 0 Å². The zero-order valence-corrected chi connectivity index (χ0v) is 10.7. The number of aryl methyl sites for hydroxylation is 1. The van der Waals surface area contributed by atoms with Gasteiger partial charge in [-0.2, -0.15) is 0 Å². The second-order valence-electron chi connectivity index (χ2n) is 5.45. The van der Waals surface area contributed by atoms with Crippen molar-refractivity contribution in [1.29, 1.82) is 0 Å². The summed E-state index contributed by atoms with van der Waals surface area (Å²) >= 11 is 0. The fourth-order valence-electron chi connectivity index (χ4n) is 1.70. The lowest BCUT2D eigenvalue weighted by molar-refractivity contribution is 0.125. The molecule has 1 amide bonds. The summed E-state index contributed by atoms with van der Waals surface area (Å²) < 4.78 is 0. The molecule has 0 aromatic carbocycles. The second-order valence-corrected chi connectivity index (χ2v) is 5.45. The third kappa shape index (κ3) is 5.38. The van der Waals surface area contributed by atoms with Gasteiger partial charge >= 0.3 is 6.09 Å². The van der Waals surface area contributed by atoms with Gasteiger partial charge in [-0.1, -0.05) is 20.8 Å². The Bertz CT molecular complexity index is 341. The van der Waals surface area contributed by atoms with Gasteiger partial charge in [0.1, 0.15) is 0 Å². The minimum absolute atomic E-state index is 0.00756. The van der Waals surface area contributed by atoms with Crippen LogP contribution in [-0.2, 0) is 6.42 Å². The fraction of sp³-hybridized carbons (Fsp3) is 0.667. The van der Waals surface area contributed by atoms with E-state index in [4.69, 9.17) is 5.11 Å². The normalized spacial score (nSPS) is 11.5. The lowest BCUT2D eigenvalue weighted by Gasteiger charge is -2.27. The van der Waals surface area contributed by atoms with Crippen molar-refractivity contribution < 1.29 is 9.90 Å². The van der Waals surface area contributed by atoms with Crippen molar-refractivity contribution in [2.45, 2.75) is 33.6 Å². The zero-order valence-electron chi connectivity index (χ0n) is 10.7. The van der Waals surface area contributed by atoms with Crippen molar-refractivity contribution in [1.82, 2.24) is 14.9 Å². The van der Waals surface area contributed by atoms with Crippen LogP contribution in [0.5, 0.6) is 0 Å². The first kappa shape index (κ1) is 13.5. The maximum absolute atomic E-state index is 11.1. The van der Waals surface area contributed by atoms with Crippen LogP contribution in [0.3, 0.4) is 0 Å². The molecule has 1 rings (SSSR count). The summed E-state index contributed by atoms with van der Waals surface area (Å²) in [7, 11) is 0. The first-order chi connectivity index (χ1) is 7.88. The molecule has 0 atom stereocenters. The molecular formula is C12H21N3O2. The van der Waals surface area contributed by atoms with Crippen LogP contribution in [0.2, 0.25) is 0 Å². The van der Waals surface area contributed by atoms with Gasteiger partial charge < -0.3 is 15.0 Å². The lowest BCUT2D eigenvalue weighted by Crippen LogP contribution is -2.37. The summed E-state index contributed by atoms with van der Waals surface area (Å²) in [4.78, 5) is 19.5. The summed E-state index contributed by atoms with van der Waals surface area (Å²) in [5.41, 5.74) is 1.04. The molecule has 5 nitrogen and oxygen atoms in total. The highest BCUT2D eigenvalue weighted by atomic mass is 16.4. The number of carbonyl (C=O) groups is 1. The minimum atomic E-state index is -0.843. The summed E-state index contributed by atoms with van der Waals surface area (Å²) in [6.07, 6.45) is 4.21. The van der Waals surface area contributed by atoms with E-state index in [1.165, 1.54) is 4.90 Å². The van der Waals surface area contributed by atoms with Gasteiger partial charge in [0.05, 0.1) is 6.33 Å². The Labute approximate surface area is 102 Å².